The smallest absolute Gasteiger partial charge is 0.203 e. The first-order chi connectivity index (χ1) is 4.86. The lowest BCUT2D eigenvalue weighted by molar-refractivity contribution is 0.368. The van der Waals surface area contributed by atoms with Crippen LogP contribution in [0.3, 0.4) is 0 Å². The van der Waals surface area contributed by atoms with Gasteiger partial charge in [-0.2, -0.15) is 0 Å². The molecule has 0 aromatic carbocycles. The number of nitrogens with two attached hydrogens (primary N) is 1. The molecular formula is C6H6N2OS. The van der Waals surface area contributed by atoms with Gasteiger partial charge in [-0.1, -0.05) is 11.3 Å². The van der Waals surface area contributed by atoms with E-state index in [1.54, 1.807) is 0 Å². The van der Waals surface area contributed by atoms with Crippen LogP contribution < -0.4 is 10.5 Å². The SMILES string of the molecule is Nc1nc2c(s1)OCC=C2. The molecule has 0 radical (unpaired) electrons. The summed E-state index contributed by atoms with van der Waals surface area (Å²) in [4.78, 5) is 4.04. The molecule has 0 fully saturated rings. The molecule has 52 valence electrons. The third-order valence-electron chi connectivity index (χ3n) is 1.22. The number of nitrogens with zero attached hydrogens (tertiary/aromatic N) is 1. The molecule has 4 heteroatoms. The number of aromatic nitrogens is 1. The van der Waals surface area contributed by atoms with Crippen LogP contribution in [0.25, 0.3) is 6.08 Å². The average Bonchev–Trinajstić information content (AvgIpc) is 2.27. The molecule has 2 heterocycles. The molecule has 0 unspecified atom stereocenters. The maximum absolute atomic E-state index is 5.45. The standard InChI is InChI=1S/C6H6N2OS/c7-6-8-4-2-1-3-9-5(4)10-6/h1-2H,3H2,(H2,7,8). The van der Waals surface area contributed by atoms with Gasteiger partial charge in [0.05, 0.1) is 0 Å². The number of anilines is 1. The average molecular weight is 154 g/mol. The third kappa shape index (κ3) is 0.769. The Morgan fingerprint density at radius 2 is 2.60 bits per heavy atom. The van der Waals surface area contributed by atoms with Gasteiger partial charge in [0.15, 0.2) is 5.13 Å². The Balaban J connectivity index is 2.53. The molecule has 0 amide bonds. The second-order valence-corrected chi connectivity index (χ2v) is 2.93. The van der Waals surface area contributed by atoms with Gasteiger partial charge in [-0.25, -0.2) is 4.98 Å². The number of nitrogen functional groups attached to an aromatic ring is 1. The largest absolute Gasteiger partial charge is 0.478 e. The van der Waals surface area contributed by atoms with E-state index < -0.39 is 0 Å². The Labute approximate surface area is 62.1 Å². The highest BCUT2D eigenvalue weighted by Crippen LogP contribution is 2.31. The van der Waals surface area contributed by atoms with Crippen molar-refractivity contribution >= 4 is 22.5 Å². The fraction of sp³-hybridized carbons (Fsp3) is 0.167. The summed E-state index contributed by atoms with van der Waals surface area (Å²) in [5.74, 6) is 0. The van der Waals surface area contributed by atoms with Gasteiger partial charge in [0.2, 0.25) is 5.06 Å². The lowest BCUT2D eigenvalue weighted by atomic mass is 10.4. The van der Waals surface area contributed by atoms with Gasteiger partial charge in [-0.3, -0.25) is 0 Å². The van der Waals surface area contributed by atoms with E-state index in [0.717, 1.165) is 10.8 Å². The second kappa shape index (κ2) is 1.98. The molecule has 0 spiro atoms. The summed E-state index contributed by atoms with van der Waals surface area (Å²) >= 11 is 1.38. The molecule has 0 bridgehead atoms. The van der Waals surface area contributed by atoms with Crippen LogP contribution in [0.1, 0.15) is 5.69 Å². The van der Waals surface area contributed by atoms with Crippen LogP contribution in [0.4, 0.5) is 5.13 Å². The molecule has 0 aliphatic carbocycles. The summed E-state index contributed by atoms with van der Waals surface area (Å²) in [6.45, 7) is 0.634. The van der Waals surface area contributed by atoms with Crippen LogP contribution in [-0.2, 0) is 0 Å². The van der Waals surface area contributed by atoms with Crippen LogP contribution in [0, 0.1) is 0 Å². The first kappa shape index (κ1) is 5.73. The molecule has 1 aromatic heterocycles. The molecule has 1 aromatic rings. The van der Waals surface area contributed by atoms with Crippen molar-refractivity contribution < 1.29 is 4.74 Å². The minimum Gasteiger partial charge on any atom is -0.478 e. The van der Waals surface area contributed by atoms with E-state index in [1.165, 1.54) is 11.3 Å². The lowest BCUT2D eigenvalue weighted by Crippen LogP contribution is -1.96. The van der Waals surface area contributed by atoms with E-state index in [4.69, 9.17) is 10.5 Å². The van der Waals surface area contributed by atoms with Crippen LogP contribution in [0.5, 0.6) is 5.06 Å². The van der Waals surface area contributed by atoms with Crippen molar-refractivity contribution in [3.05, 3.63) is 11.8 Å². The maximum Gasteiger partial charge on any atom is 0.203 e. The molecular weight excluding hydrogens is 148 g/mol. The first-order valence-corrected chi connectivity index (χ1v) is 3.73. The number of hydrogen-bond donors (Lipinski definition) is 1. The number of rotatable bonds is 0. The van der Waals surface area contributed by atoms with Gasteiger partial charge < -0.3 is 10.5 Å². The maximum atomic E-state index is 5.45. The van der Waals surface area contributed by atoms with Crippen molar-refractivity contribution in [1.29, 1.82) is 0 Å². The van der Waals surface area contributed by atoms with Crippen molar-refractivity contribution in [3.8, 4) is 5.06 Å². The summed E-state index contributed by atoms with van der Waals surface area (Å²) in [6, 6.07) is 0. The Morgan fingerprint density at radius 1 is 1.70 bits per heavy atom. The van der Waals surface area contributed by atoms with Gasteiger partial charge in [0.1, 0.15) is 12.3 Å². The minimum absolute atomic E-state index is 0.566. The zero-order chi connectivity index (χ0) is 6.97. The number of fused-ring (bicyclic) bond motifs is 1. The Kier molecular flexibility index (Phi) is 1.14. The molecule has 2 N–H and O–H groups in total. The molecule has 10 heavy (non-hydrogen) atoms. The summed E-state index contributed by atoms with van der Waals surface area (Å²) in [7, 11) is 0. The highest BCUT2D eigenvalue weighted by atomic mass is 32.1. The Hall–Kier alpha value is -1.03. The van der Waals surface area contributed by atoms with E-state index in [2.05, 4.69) is 4.98 Å². The normalized spacial score (nSPS) is 14.4. The molecule has 3 nitrogen and oxygen atoms in total. The molecule has 0 saturated carbocycles. The highest BCUT2D eigenvalue weighted by molar-refractivity contribution is 7.17. The fourth-order valence-electron chi connectivity index (χ4n) is 0.827. The zero-order valence-electron chi connectivity index (χ0n) is 5.20. The molecule has 0 saturated heterocycles. The third-order valence-corrected chi connectivity index (χ3v) is 2.04. The Bertz CT molecular complexity index is 279. The van der Waals surface area contributed by atoms with Crippen molar-refractivity contribution in [2.24, 2.45) is 0 Å². The minimum atomic E-state index is 0.566. The summed E-state index contributed by atoms with van der Waals surface area (Å²) in [5, 5.41) is 1.40. The molecule has 2 rings (SSSR count). The fourth-order valence-corrected chi connectivity index (χ4v) is 1.51. The molecule has 1 aliphatic rings. The number of hydrogen-bond acceptors (Lipinski definition) is 4. The van der Waals surface area contributed by atoms with E-state index in [1.807, 2.05) is 12.2 Å². The highest BCUT2D eigenvalue weighted by Gasteiger charge is 2.09. The zero-order valence-corrected chi connectivity index (χ0v) is 6.02. The molecule has 0 atom stereocenters. The van der Waals surface area contributed by atoms with Crippen molar-refractivity contribution in [1.82, 2.24) is 4.98 Å². The van der Waals surface area contributed by atoms with Crippen LogP contribution >= 0.6 is 11.3 Å². The van der Waals surface area contributed by atoms with Gasteiger partial charge in [0, 0.05) is 0 Å². The summed E-state index contributed by atoms with van der Waals surface area (Å²) in [5.41, 5.74) is 6.31. The summed E-state index contributed by atoms with van der Waals surface area (Å²) < 4.78 is 5.23. The first-order valence-electron chi connectivity index (χ1n) is 2.92. The van der Waals surface area contributed by atoms with E-state index in [-0.39, 0.29) is 0 Å². The monoisotopic (exact) mass is 154 g/mol. The van der Waals surface area contributed by atoms with Gasteiger partial charge in [-0.15, -0.1) is 0 Å². The molecule has 1 aliphatic heterocycles. The van der Waals surface area contributed by atoms with E-state index >= 15 is 0 Å². The Morgan fingerprint density at radius 3 is 3.40 bits per heavy atom. The van der Waals surface area contributed by atoms with Crippen molar-refractivity contribution in [2.75, 3.05) is 12.3 Å². The van der Waals surface area contributed by atoms with Crippen LogP contribution in [0.2, 0.25) is 0 Å². The van der Waals surface area contributed by atoms with Crippen molar-refractivity contribution in [3.63, 3.8) is 0 Å². The lowest BCUT2D eigenvalue weighted by Gasteiger charge is -2.03. The predicted molar refractivity (Wildman–Crippen MR) is 41.1 cm³/mol. The van der Waals surface area contributed by atoms with Crippen LogP contribution in [-0.4, -0.2) is 11.6 Å². The topological polar surface area (TPSA) is 48.1 Å². The quantitative estimate of drug-likeness (QED) is 0.609. The van der Waals surface area contributed by atoms with Crippen LogP contribution in [0.15, 0.2) is 6.08 Å². The van der Waals surface area contributed by atoms with Gasteiger partial charge in [0.25, 0.3) is 0 Å². The second-order valence-electron chi connectivity index (χ2n) is 1.94. The van der Waals surface area contributed by atoms with Gasteiger partial charge >= 0.3 is 0 Å². The summed E-state index contributed by atoms with van der Waals surface area (Å²) in [6.07, 6.45) is 3.84. The number of thiazole rings is 1. The van der Waals surface area contributed by atoms with E-state index in [9.17, 15) is 0 Å². The number of ether oxygens (including phenoxy) is 1. The van der Waals surface area contributed by atoms with Gasteiger partial charge in [-0.05, 0) is 12.2 Å². The van der Waals surface area contributed by atoms with Crippen molar-refractivity contribution in [2.45, 2.75) is 0 Å². The van der Waals surface area contributed by atoms with E-state index in [0.29, 0.717) is 11.7 Å². The predicted octanol–water partition coefficient (Wildman–Crippen LogP) is 1.13.